The Morgan fingerprint density at radius 1 is 0.857 bits per heavy atom. The molecule has 2 saturated heterocycles. The summed E-state index contributed by atoms with van der Waals surface area (Å²) in [5.74, 6) is -1.64. The lowest BCUT2D eigenvalue weighted by Gasteiger charge is -2.28. The second-order valence-electron chi connectivity index (χ2n) is 8.03. The number of carbonyl (C=O) groups is 2. The van der Waals surface area contributed by atoms with E-state index in [9.17, 15) is 19.7 Å². The molecule has 0 aliphatic carbocycles. The third kappa shape index (κ3) is 3.55. The van der Waals surface area contributed by atoms with Crippen LogP contribution in [-0.4, -0.2) is 37.1 Å². The van der Waals surface area contributed by atoms with E-state index < -0.39 is 34.8 Å². The number of nitro groups is 1. The number of nitrogens with zero attached hydrogens (tertiary/aromatic N) is 3. The Morgan fingerprint density at radius 2 is 1.43 bits per heavy atom. The monoisotopic (exact) mass is 475 g/mol. The van der Waals surface area contributed by atoms with E-state index >= 15 is 0 Å². The number of rotatable bonds is 6. The van der Waals surface area contributed by atoms with Gasteiger partial charge in [-0.15, -0.1) is 0 Å². The third-order valence-corrected chi connectivity index (χ3v) is 6.19. The second-order valence-corrected chi connectivity index (χ2v) is 8.03. The summed E-state index contributed by atoms with van der Waals surface area (Å²) in [6.07, 6.45) is -1.15. The number of methoxy groups -OCH3 is 2. The molecule has 0 bridgehead atoms. The summed E-state index contributed by atoms with van der Waals surface area (Å²) >= 11 is 0. The Bertz CT molecular complexity index is 1300. The molecule has 0 N–H and O–H groups in total. The lowest BCUT2D eigenvalue weighted by atomic mass is 9.89. The van der Waals surface area contributed by atoms with Gasteiger partial charge in [0, 0.05) is 0 Å². The average molecular weight is 475 g/mol. The first-order chi connectivity index (χ1) is 17.0. The molecule has 0 aromatic heterocycles. The molecule has 3 aromatic carbocycles. The standard InChI is InChI=1S/C25H21N3O7/c1-33-19-13-17(18(28(31)32)14-20(19)34-2)22-21-23(35-27(22)16-11-7-4-8-12-16)25(30)26(24(21)29)15-9-5-3-6-10-15/h3-14,21-23H,1-2H3/t21-,22+,23+/m1/s1. The fourth-order valence-electron chi connectivity index (χ4n) is 4.64. The van der Waals surface area contributed by atoms with E-state index in [2.05, 4.69) is 0 Å². The van der Waals surface area contributed by atoms with Gasteiger partial charge in [-0.2, -0.15) is 0 Å². The number of fused-ring (bicyclic) bond motifs is 1. The number of hydroxylamine groups is 1. The molecule has 2 aliphatic heterocycles. The van der Waals surface area contributed by atoms with Gasteiger partial charge in [-0.25, -0.2) is 9.96 Å². The number of benzene rings is 3. The summed E-state index contributed by atoms with van der Waals surface area (Å²) in [4.78, 5) is 45.8. The van der Waals surface area contributed by atoms with Crippen LogP contribution < -0.4 is 19.4 Å². The number of hydrogen-bond donors (Lipinski definition) is 0. The topological polar surface area (TPSA) is 111 Å². The van der Waals surface area contributed by atoms with Gasteiger partial charge in [0.2, 0.25) is 5.91 Å². The molecular weight excluding hydrogens is 454 g/mol. The fourth-order valence-corrected chi connectivity index (χ4v) is 4.64. The molecule has 3 atom stereocenters. The first kappa shape index (κ1) is 22.4. The van der Waals surface area contributed by atoms with Crippen molar-refractivity contribution in [3.05, 3.63) is 88.5 Å². The number of ether oxygens (including phenoxy) is 2. The molecule has 0 radical (unpaired) electrons. The van der Waals surface area contributed by atoms with Crippen molar-refractivity contribution in [1.82, 2.24) is 0 Å². The van der Waals surface area contributed by atoms with Crippen LogP contribution in [0.1, 0.15) is 11.6 Å². The van der Waals surface area contributed by atoms with E-state index in [-0.39, 0.29) is 22.7 Å². The summed E-state index contributed by atoms with van der Waals surface area (Å²) in [6.45, 7) is 0. The number of hydrogen-bond acceptors (Lipinski definition) is 8. The molecule has 178 valence electrons. The van der Waals surface area contributed by atoms with Gasteiger partial charge in [-0.3, -0.25) is 24.5 Å². The number of imide groups is 1. The summed E-state index contributed by atoms with van der Waals surface area (Å²) in [6, 6.07) is 19.1. The Hall–Kier alpha value is -4.44. The van der Waals surface area contributed by atoms with Crippen molar-refractivity contribution in [2.45, 2.75) is 12.1 Å². The van der Waals surface area contributed by atoms with Gasteiger partial charge in [-0.1, -0.05) is 36.4 Å². The summed E-state index contributed by atoms with van der Waals surface area (Å²) < 4.78 is 10.6. The van der Waals surface area contributed by atoms with Crippen molar-refractivity contribution in [2.75, 3.05) is 24.2 Å². The zero-order valence-corrected chi connectivity index (χ0v) is 18.9. The van der Waals surface area contributed by atoms with Crippen LogP contribution in [0, 0.1) is 16.0 Å². The molecule has 2 heterocycles. The van der Waals surface area contributed by atoms with Gasteiger partial charge >= 0.3 is 0 Å². The zero-order chi connectivity index (χ0) is 24.7. The van der Waals surface area contributed by atoms with Gasteiger partial charge in [-0.05, 0) is 30.3 Å². The van der Waals surface area contributed by atoms with Gasteiger partial charge in [0.15, 0.2) is 17.6 Å². The summed E-state index contributed by atoms with van der Waals surface area (Å²) in [5.41, 5.74) is 0.839. The van der Waals surface area contributed by atoms with Crippen LogP contribution in [0.2, 0.25) is 0 Å². The van der Waals surface area contributed by atoms with E-state index in [0.717, 1.165) is 4.90 Å². The molecule has 2 amide bonds. The Balaban J connectivity index is 1.69. The summed E-state index contributed by atoms with van der Waals surface area (Å²) in [5, 5.41) is 13.5. The summed E-state index contributed by atoms with van der Waals surface area (Å²) in [7, 11) is 2.79. The molecule has 2 aliphatic rings. The van der Waals surface area contributed by atoms with E-state index in [1.165, 1.54) is 31.4 Å². The maximum absolute atomic E-state index is 13.7. The molecule has 10 heteroatoms. The lowest BCUT2D eigenvalue weighted by Crippen LogP contribution is -2.37. The normalized spacial score (nSPS) is 21.3. The largest absolute Gasteiger partial charge is 0.493 e. The molecular formula is C25H21N3O7. The van der Waals surface area contributed by atoms with Crippen molar-refractivity contribution in [2.24, 2.45) is 5.92 Å². The van der Waals surface area contributed by atoms with Crippen molar-refractivity contribution < 1.29 is 28.8 Å². The Kier molecular flexibility index (Phi) is 5.58. The van der Waals surface area contributed by atoms with E-state index in [0.29, 0.717) is 11.4 Å². The number of nitro benzene ring substituents is 1. The highest BCUT2D eigenvalue weighted by molar-refractivity contribution is 6.24. The predicted octanol–water partition coefficient (Wildman–Crippen LogP) is 3.66. The van der Waals surface area contributed by atoms with Gasteiger partial charge in [0.1, 0.15) is 12.0 Å². The minimum atomic E-state index is -1.15. The van der Waals surface area contributed by atoms with Crippen LogP contribution in [0.3, 0.4) is 0 Å². The van der Waals surface area contributed by atoms with E-state index in [1.807, 2.05) is 6.07 Å². The molecule has 0 spiro atoms. The molecule has 0 unspecified atom stereocenters. The van der Waals surface area contributed by atoms with Gasteiger partial charge < -0.3 is 9.47 Å². The predicted molar refractivity (Wildman–Crippen MR) is 125 cm³/mol. The van der Waals surface area contributed by atoms with Crippen LogP contribution in [0.25, 0.3) is 0 Å². The van der Waals surface area contributed by atoms with Crippen molar-refractivity contribution in [3.63, 3.8) is 0 Å². The highest BCUT2D eigenvalue weighted by Crippen LogP contribution is 2.51. The average Bonchev–Trinajstić information content (AvgIpc) is 3.39. The maximum atomic E-state index is 13.7. The van der Waals surface area contributed by atoms with E-state index in [1.54, 1.807) is 54.6 Å². The van der Waals surface area contributed by atoms with Gasteiger partial charge in [0.05, 0.1) is 42.1 Å². The zero-order valence-electron chi connectivity index (χ0n) is 18.9. The minimum Gasteiger partial charge on any atom is -0.493 e. The Morgan fingerprint density at radius 3 is 2.00 bits per heavy atom. The third-order valence-electron chi connectivity index (χ3n) is 6.19. The first-order valence-corrected chi connectivity index (χ1v) is 10.8. The SMILES string of the molecule is COc1cc([C@H]2[C@H]3C(=O)N(c4ccccc4)C(=O)[C@H]3ON2c2ccccc2)c([N+](=O)[O-])cc1OC. The maximum Gasteiger partial charge on any atom is 0.278 e. The van der Waals surface area contributed by atoms with Crippen molar-refractivity contribution in [1.29, 1.82) is 0 Å². The van der Waals surface area contributed by atoms with Crippen LogP contribution in [0.4, 0.5) is 17.1 Å². The molecule has 2 fully saturated rings. The fraction of sp³-hybridized carbons (Fsp3) is 0.200. The quantitative estimate of drug-likeness (QED) is 0.302. The molecule has 35 heavy (non-hydrogen) atoms. The van der Waals surface area contributed by atoms with Crippen LogP contribution >= 0.6 is 0 Å². The Labute approximate surface area is 200 Å². The van der Waals surface area contributed by atoms with E-state index in [4.69, 9.17) is 14.3 Å². The number of para-hydroxylation sites is 2. The number of amides is 2. The number of carbonyl (C=O) groups excluding carboxylic acids is 2. The van der Waals surface area contributed by atoms with Crippen LogP contribution in [0.15, 0.2) is 72.8 Å². The highest BCUT2D eigenvalue weighted by Gasteiger charge is 2.61. The lowest BCUT2D eigenvalue weighted by molar-refractivity contribution is -0.385. The molecule has 5 rings (SSSR count). The minimum absolute atomic E-state index is 0.167. The van der Waals surface area contributed by atoms with Crippen molar-refractivity contribution >= 4 is 28.9 Å². The van der Waals surface area contributed by atoms with Crippen LogP contribution in [-0.2, 0) is 14.4 Å². The van der Waals surface area contributed by atoms with Crippen molar-refractivity contribution in [3.8, 4) is 11.5 Å². The smallest absolute Gasteiger partial charge is 0.278 e. The first-order valence-electron chi connectivity index (χ1n) is 10.8. The second kappa shape index (κ2) is 8.73. The molecule has 3 aromatic rings. The van der Waals surface area contributed by atoms with Gasteiger partial charge in [0.25, 0.3) is 11.6 Å². The molecule has 0 saturated carbocycles. The highest BCUT2D eigenvalue weighted by atomic mass is 16.7. The molecule has 10 nitrogen and oxygen atoms in total. The van der Waals surface area contributed by atoms with Crippen LogP contribution in [0.5, 0.6) is 11.5 Å². The number of anilines is 2.